The molecule has 0 bridgehead atoms. The van der Waals surface area contributed by atoms with Crippen LogP contribution in [0.25, 0.3) is 0 Å². The van der Waals surface area contributed by atoms with E-state index in [0.29, 0.717) is 12.1 Å². The lowest BCUT2D eigenvalue weighted by molar-refractivity contribution is 0.102. The molecule has 0 radical (unpaired) electrons. The van der Waals surface area contributed by atoms with Crippen LogP contribution in [-0.4, -0.2) is 17.4 Å². The van der Waals surface area contributed by atoms with Crippen LogP contribution < -0.4 is 10.6 Å². The number of nitrogens with one attached hydrogen (secondary N) is 2. The van der Waals surface area contributed by atoms with Crippen LogP contribution >= 0.6 is 0 Å². The number of benzene rings is 1. The van der Waals surface area contributed by atoms with E-state index < -0.39 is 5.82 Å². The van der Waals surface area contributed by atoms with Crippen molar-refractivity contribution in [1.29, 1.82) is 0 Å². The molecule has 0 saturated carbocycles. The number of pyridine rings is 1. The van der Waals surface area contributed by atoms with Gasteiger partial charge in [-0.15, -0.1) is 0 Å². The van der Waals surface area contributed by atoms with Crippen molar-refractivity contribution < 1.29 is 9.18 Å². The molecule has 5 heteroatoms. The number of hydrogen-bond donors (Lipinski definition) is 2. The Balaban J connectivity index is 2.23. The second kappa shape index (κ2) is 5.95. The van der Waals surface area contributed by atoms with E-state index in [4.69, 9.17) is 0 Å². The van der Waals surface area contributed by atoms with Gasteiger partial charge in [0.1, 0.15) is 0 Å². The highest BCUT2D eigenvalue weighted by Crippen LogP contribution is 2.18. The van der Waals surface area contributed by atoms with Crippen LogP contribution in [-0.2, 0) is 0 Å². The Morgan fingerprint density at radius 2 is 2.05 bits per heavy atom. The Morgan fingerprint density at radius 1 is 1.26 bits per heavy atom. The molecule has 0 saturated heterocycles. The van der Waals surface area contributed by atoms with Crippen molar-refractivity contribution in [2.45, 2.75) is 6.92 Å². The van der Waals surface area contributed by atoms with Crippen LogP contribution in [0.2, 0.25) is 0 Å². The van der Waals surface area contributed by atoms with Gasteiger partial charge < -0.3 is 10.6 Å². The molecule has 0 atom stereocenters. The highest BCUT2D eigenvalue weighted by Gasteiger charge is 2.12. The van der Waals surface area contributed by atoms with E-state index in [2.05, 4.69) is 15.6 Å². The van der Waals surface area contributed by atoms with E-state index in [9.17, 15) is 9.18 Å². The summed E-state index contributed by atoms with van der Waals surface area (Å²) in [5.74, 6) is -0.918. The minimum atomic E-state index is -0.559. The molecule has 2 rings (SSSR count). The van der Waals surface area contributed by atoms with Gasteiger partial charge in [-0.1, -0.05) is 12.1 Å². The van der Waals surface area contributed by atoms with Crippen molar-refractivity contribution in [2.75, 3.05) is 17.2 Å². The van der Waals surface area contributed by atoms with E-state index >= 15 is 0 Å². The number of aromatic nitrogens is 1. The fourth-order valence-corrected chi connectivity index (χ4v) is 1.69. The topological polar surface area (TPSA) is 54.0 Å². The van der Waals surface area contributed by atoms with Gasteiger partial charge in [0.25, 0.3) is 5.91 Å². The molecule has 0 aliphatic heterocycles. The molecule has 19 heavy (non-hydrogen) atoms. The van der Waals surface area contributed by atoms with E-state index in [1.807, 2.05) is 13.0 Å². The second-order valence-electron chi connectivity index (χ2n) is 3.89. The number of nitrogens with zero attached hydrogens (tertiary/aromatic N) is 1. The van der Waals surface area contributed by atoms with Gasteiger partial charge in [-0.3, -0.25) is 9.78 Å². The Bertz CT molecular complexity index is 586. The van der Waals surface area contributed by atoms with Crippen LogP contribution in [0, 0.1) is 5.82 Å². The Morgan fingerprint density at radius 3 is 2.79 bits per heavy atom. The number of amides is 1. The number of anilines is 2. The lowest BCUT2D eigenvalue weighted by atomic mass is 10.1. The summed E-state index contributed by atoms with van der Waals surface area (Å²) in [5, 5.41) is 5.62. The first-order valence-corrected chi connectivity index (χ1v) is 5.96. The zero-order valence-electron chi connectivity index (χ0n) is 10.5. The minimum Gasteiger partial charge on any atom is -0.385 e. The first kappa shape index (κ1) is 13.0. The van der Waals surface area contributed by atoms with Crippen molar-refractivity contribution >= 4 is 17.3 Å². The molecule has 2 N–H and O–H groups in total. The summed E-state index contributed by atoms with van der Waals surface area (Å²) >= 11 is 0. The molecule has 1 aromatic heterocycles. The summed E-state index contributed by atoms with van der Waals surface area (Å²) < 4.78 is 13.4. The zero-order chi connectivity index (χ0) is 13.7. The first-order chi connectivity index (χ1) is 9.22. The molecular formula is C14H14FN3O. The highest BCUT2D eigenvalue weighted by molar-refractivity contribution is 6.08. The fourth-order valence-electron chi connectivity index (χ4n) is 1.69. The third-order valence-corrected chi connectivity index (χ3v) is 2.56. The smallest absolute Gasteiger partial charge is 0.257 e. The Hall–Kier alpha value is -2.43. The predicted octanol–water partition coefficient (Wildman–Crippen LogP) is 2.90. The predicted molar refractivity (Wildman–Crippen MR) is 72.8 cm³/mol. The van der Waals surface area contributed by atoms with Gasteiger partial charge in [0.15, 0.2) is 5.82 Å². The molecule has 2 aromatic rings. The van der Waals surface area contributed by atoms with Crippen molar-refractivity contribution in [3.05, 3.63) is 54.1 Å². The largest absolute Gasteiger partial charge is 0.385 e. The molecule has 1 amide bonds. The van der Waals surface area contributed by atoms with Crippen LogP contribution in [0.4, 0.5) is 15.8 Å². The minimum absolute atomic E-state index is 0.117. The molecule has 1 aromatic carbocycles. The number of rotatable bonds is 4. The van der Waals surface area contributed by atoms with Gasteiger partial charge in [0.05, 0.1) is 17.4 Å². The number of hydrogen-bond acceptors (Lipinski definition) is 3. The van der Waals surface area contributed by atoms with Gasteiger partial charge >= 0.3 is 0 Å². The average Bonchev–Trinajstić information content (AvgIpc) is 2.42. The Labute approximate surface area is 110 Å². The maximum Gasteiger partial charge on any atom is 0.257 e. The third kappa shape index (κ3) is 3.07. The van der Waals surface area contributed by atoms with Gasteiger partial charge in [0.2, 0.25) is 0 Å². The fraction of sp³-hybridized carbons (Fsp3) is 0.143. The monoisotopic (exact) mass is 259 g/mol. The van der Waals surface area contributed by atoms with E-state index in [-0.39, 0.29) is 11.6 Å². The first-order valence-electron chi connectivity index (χ1n) is 5.96. The van der Waals surface area contributed by atoms with Gasteiger partial charge in [-0.2, -0.15) is 0 Å². The number of carbonyl (C=O) groups is 1. The summed E-state index contributed by atoms with van der Waals surface area (Å²) in [4.78, 5) is 15.8. The normalized spacial score (nSPS) is 10.0. The maximum absolute atomic E-state index is 13.4. The van der Waals surface area contributed by atoms with Crippen molar-refractivity contribution in [3.8, 4) is 0 Å². The number of carbonyl (C=O) groups excluding carboxylic acids is 1. The van der Waals surface area contributed by atoms with E-state index in [1.54, 1.807) is 18.2 Å². The molecule has 1 heterocycles. The summed E-state index contributed by atoms with van der Waals surface area (Å²) in [5.41, 5.74) is 1.31. The zero-order valence-corrected chi connectivity index (χ0v) is 10.5. The highest BCUT2D eigenvalue weighted by atomic mass is 19.1. The maximum atomic E-state index is 13.4. The molecule has 4 nitrogen and oxygen atoms in total. The molecule has 0 spiro atoms. The van der Waals surface area contributed by atoms with E-state index in [0.717, 1.165) is 11.9 Å². The van der Waals surface area contributed by atoms with Gasteiger partial charge in [0, 0.05) is 18.4 Å². The molecule has 0 unspecified atom stereocenters. The summed E-state index contributed by atoms with van der Waals surface area (Å²) in [6.07, 6.45) is 2.49. The molecule has 0 aliphatic carbocycles. The summed E-state index contributed by atoms with van der Waals surface area (Å²) in [7, 11) is 0. The summed E-state index contributed by atoms with van der Waals surface area (Å²) in [6.45, 7) is 2.64. The van der Waals surface area contributed by atoms with E-state index in [1.165, 1.54) is 12.3 Å². The quantitative estimate of drug-likeness (QED) is 0.887. The molecule has 0 fully saturated rings. The second-order valence-corrected chi connectivity index (χ2v) is 3.89. The van der Waals surface area contributed by atoms with Crippen molar-refractivity contribution in [2.24, 2.45) is 0 Å². The van der Waals surface area contributed by atoms with Crippen LogP contribution in [0.1, 0.15) is 17.3 Å². The lowest BCUT2D eigenvalue weighted by Gasteiger charge is -2.11. The third-order valence-electron chi connectivity index (χ3n) is 2.56. The van der Waals surface area contributed by atoms with Gasteiger partial charge in [-0.25, -0.2) is 4.39 Å². The lowest BCUT2D eigenvalue weighted by Crippen LogP contribution is -2.15. The van der Waals surface area contributed by atoms with Crippen LogP contribution in [0.3, 0.4) is 0 Å². The average molecular weight is 259 g/mol. The van der Waals surface area contributed by atoms with Crippen molar-refractivity contribution in [1.82, 2.24) is 4.98 Å². The molecule has 98 valence electrons. The Kier molecular flexibility index (Phi) is 4.07. The summed E-state index contributed by atoms with van der Waals surface area (Å²) in [6, 6.07) is 8.51. The van der Waals surface area contributed by atoms with Crippen LogP contribution in [0.5, 0.6) is 0 Å². The SMILES string of the molecule is CCNc1ccccc1C(=O)Nc1ccncc1F. The standard InChI is InChI=1S/C14H14FN3O/c1-2-17-12-6-4-3-5-10(12)14(19)18-13-7-8-16-9-11(13)15/h3-9,17H,2H2,1H3,(H,16,18,19). The number of para-hydroxylation sites is 1. The number of halogens is 1. The molecular weight excluding hydrogens is 245 g/mol. The van der Waals surface area contributed by atoms with Crippen LogP contribution in [0.15, 0.2) is 42.7 Å². The van der Waals surface area contributed by atoms with Gasteiger partial charge in [-0.05, 0) is 25.1 Å². The van der Waals surface area contributed by atoms with Crippen molar-refractivity contribution in [3.63, 3.8) is 0 Å². The molecule has 0 aliphatic rings.